The van der Waals surface area contributed by atoms with E-state index in [1.54, 1.807) is 33.5 Å². The van der Waals surface area contributed by atoms with Crippen molar-refractivity contribution in [3.63, 3.8) is 0 Å². The van der Waals surface area contributed by atoms with Gasteiger partial charge in [-0.25, -0.2) is 0 Å². The molecule has 0 aliphatic carbocycles. The fraction of sp³-hybridized carbons (Fsp3) is 0.680. The summed E-state index contributed by atoms with van der Waals surface area (Å²) in [4.78, 5) is 24.2. The van der Waals surface area contributed by atoms with E-state index < -0.39 is 29.2 Å². The molecule has 0 atom stereocenters. The highest BCUT2D eigenvalue weighted by Gasteiger charge is 2.37. The van der Waals surface area contributed by atoms with Gasteiger partial charge < -0.3 is 33.2 Å². The summed E-state index contributed by atoms with van der Waals surface area (Å²) < 4.78 is 39.0. The molecule has 1 aliphatic heterocycles. The number of hydrogen-bond donors (Lipinski definition) is 0. The molecule has 1 aromatic rings. The van der Waals surface area contributed by atoms with Crippen molar-refractivity contribution in [1.82, 2.24) is 0 Å². The van der Waals surface area contributed by atoms with Gasteiger partial charge in [-0.1, -0.05) is 20.3 Å². The van der Waals surface area contributed by atoms with Crippen molar-refractivity contribution < 1.29 is 42.7 Å². The van der Waals surface area contributed by atoms with Gasteiger partial charge >= 0.3 is 11.9 Å². The molecule has 0 radical (unpaired) electrons. The average molecular weight is 483 g/mol. The van der Waals surface area contributed by atoms with Gasteiger partial charge in [0.2, 0.25) is 0 Å². The van der Waals surface area contributed by atoms with Crippen LogP contribution in [-0.2, 0) is 28.5 Å². The maximum atomic E-state index is 12.2. The molecular weight excluding hydrogens is 444 g/mol. The Bertz CT molecular complexity index is 801. The zero-order valence-electron chi connectivity index (χ0n) is 21.4. The van der Waals surface area contributed by atoms with Crippen LogP contribution >= 0.6 is 0 Å². The first-order chi connectivity index (χ1) is 16.1. The van der Waals surface area contributed by atoms with Gasteiger partial charge in [0.1, 0.15) is 29.5 Å². The molecular formula is C25H38O9. The first-order valence-corrected chi connectivity index (χ1v) is 11.5. The van der Waals surface area contributed by atoms with Crippen molar-refractivity contribution in [3.8, 4) is 17.2 Å². The fourth-order valence-corrected chi connectivity index (χ4v) is 3.70. The van der Waals surface area contributed by atoms with Crippen LogP contribution in [-0.4, -0.2) is 58.7 Å². The van der Waals surface area contributed by atoms with Crippen LogP contribution in [0.1, 0.15) is 65.2 Å². The second-order valence-electron chi connectivity index (χ2n) is 9.35. The summed E-state index contributed by atoms with van der Waals surface area (Å²) in [5.74, 6) is 0.751. The number of rotatable bonds is 12. The summed E-state index contributed by atoms with van der Waals surface area (Å²) in [6.07, 6.45) is 0.901. The Hall–Kier alpha value is -2.52. The summed E-state index contributed by atoms with van der Waals surface area (Å²) in [5, 5.41) is 0. The molecule has 0 amide bonds. The van der Waals surface area contributed by atoms with E-state index in [9.17, 15) is 9.59 Å². The summed E-state index contributed by atoms with van der Waals surface area (Å²) in [6.45, 7) is 8.33. The molecule has 0 saturated carbocycles. The third-order valence-electron chi connectivity index (χ3n) is 5.51. The van der Waals surface area contributed by atoms with Gasteiger partial charge in [-0.2, -0.15) is 0 Å². The molecule has 9 nitrogen and oxygen atoms in total. The Morgan fingerprint density at radius 3 is 2.06 bits per heavy atom. The lowest BCUT2D eigenvalue weighted by Gasteiger charge is -2.37. The van der Waals surface area contributed by atoms with Crippen LogP contribution in [0.4, 0.5) is 0 Å². The SMILES string of the molecule is CCCC(C)(C)OC(=O)CCC(=O)OCC1(C)COC(c2c(OC)cc(OC)cc2OC)OC1. The molecule has 9 heteroatoms. The first-order valence-electron chi connectivity index (χ1n) is 11.5. The van der Waals surface area contributed by atoms with E-state index >= 15 is 0 Å². The van der Waals surface area contributed by atoms with Gasteiger partial charge in [0, 0.05) is 17.5 Å². The minimum Gasteiger partial charge on any atom is -0.496 e. The molecule has 0 spiro atoms. The fourth-order valence-electron chi connectivity index (χ4n) is 3.70. The molecule has 0 aromatic heterocycles. The summed E-state index contributed by atoms with van der Waals surface area (Å²) in [6, 6.07) is 3.46. The second-order valence-corrected chi connectivity index (χ2v) is 9.35. The standard InChI is InChI=1S/C25H38O9/c1-8-11-24(2,3)34-21(27)10-9-20(26)31-14-25(4)15-32-23(33-16-25)22-18(29-6)12-17(28-5)13-19(22)30-7/h12-13,23H,8-11,14-16H2,1-7H3. The van der Waals surface area contributed by atoms with Crippen molar-refractivity contribution in [2.45, 2.75) is 65.3 Å². The average Bonchev–Trinajstić information content (AvgIpc) is 2.80. The van der Waals surface area contributed by atoms with Crippen molar-refractivity contribution >= 4 is 11.9 Å². The van der Waals surface area contributed by atoms with E-state index in [1.807, 2.05) is 27.7 Å². The van der Waals surface area contributed by atoms with Gasteiger partial charge in [-0.05, 0) is 20.3 Å². The highest BCUT2D eigenvalue weighted by molar-refractivity contribution is 5.77. The van der Waals surface area contributed by atoms with Crippen molar-refractivity contribution in [2.24, 2.45) is 5.41 Å². The normalized spacial score (nSPS) is 20.4. The highest BCUT2D eigenvalue weighted by Crippen LogP contribution is 2.43. The molecule has 0 unspecified atom stereocenters. The minimum atomic E-state index is -0.708. The smallest absolute Gasteiger partial charge is 0.306 e. The second kappa shape index (κ2) is 12.3. The van der Waals surface area contributed by atoms with Gasteiger partial charge in [-0.15, -0.1) is 0 Å². The number of benzene rings is 1. The largest absolute Gasteiger partial charge is 0.496 e. The topological polar surface area (TPSA) is 98.8 Å². The number of carbonyl (C=O) groups excluding carboxylic acids is 2. The predicted octanol–water partition coefficient (Wildman–Crippen LogP) is 4.21. The maximum absolute atomic E-state index is 12.2. The van der Waals surface area contributed by atoms with Crippen LogP contribution in [0.5, 0.6) is 17.2 Å². The zero-order valence-corrected chi connectivity index (χ0v) is 21.4. The summed E-state index contributed by atoms with van der Waals surface area (Å²) in [7, 11) is 4.65. The third kappa shape index (κ3) is 7.77. The Morgan fingerprint density at radius 2 is 1.56 bits per heavy atom. The minimum absolute atomic E-state index is 0.0190. The van der Waals surface area contributed by atoms with E-state index in [4.69, 9.17) is 33.2 Å². The first kappa shape index (κ1) is 27.7. The number of methoxy groups -OCH3 is 3. The molecule has 0 N–H and O–H groups in total. The van der Waals surface area contributed by atoms with Crippen LogP contribution in [0.25, 0.3) is 0 Å². The van der Waals surface area contributed by atoms with E-state index in [1.165, 1.54) is 0 Å². The lowest BCUT2D eigenvalue weighted by molar-refractivity contribution is -0.239. The van der Waals surface area contributed by atoms with Crippen molar-refractivity contribution in [2.75, 3.05) is 41.2 Å². The van der Waals surface area contributed by atoms with E-state index in [0.717, 1.165) is 12.8 Å². The zero-order chi connectivity index (χ0) is 25.4. The van der Waals surface area contributed by atoms with Gasteiger partial charge in [0.05, 0.1) is 52.9 Å². The molecule has 1 heterocycles. The quantitative estimate of drug-likeness (QED) is 0.406. The van der Waals surface area contributed by atoms with E-state index in [0.29, 0.717) is 22.8 Å². The van der Waals surface area contributed by atoms with Gasteiger partial charge in [0.25, 0.3) is 0 Å². The molecule has 2 rings (SSSR count). The Kier molecular flexibility index (Phi) is 10.00. The van der Waals surface area contributed by atoms with Crippen LogP contribution in [0.3, 0.4) is 0 Å². The third-order valence-corrected chi connectivity index (χ3v) is 5.51. The van der Waals surface area contributed by atoms with Crippen LogP contribution < -0.4 is 14.2 Å². The highest BCUT2D eigenvalue weighted by atomic mass is 16.7. The molecule has 192 valence electrons. The lowest BCUT2D eigenvalue weighted by Crippen LogP contribution is -2.40. The Morgan fingerprint density at radius 1 is 1.00 bits per heavy atom. The summed E-state index contributed by atoms with van der Waals surface area (Å²) in [5.41, 5.74) is -0.455. The van der Waals surface area contributed by atoms with Gasteiger partial charge in [0.15, 0.2) is 6.29 Å². The molecule has 1 saturated heterocycles. The Balaban J connectivity index is 1.87. The van der Waals surface area contributed by atoms with Crippen LogP contribution in [0, 0.1) is 5.41 Å². The molecule has 34 heavy (non-hydrogen) atoms. The lowest BCUT2D eigenvalue weighted by atomic mass is 9.93. The Labute approximate surface area is 201 Å². The van der Waals surface area contributed by atoms with Crippen LogP contribution in [0.15, 0.2) is 12.1 Å². The molecule has 0 bridgehead atoms. The number of carbonyl (C=O) groups is 2. The number of ether oxygens (including phenoxy) is 7. The number of hydrogen-bond acceptors (Lipinski definition) is 9. The number of esters is 2. The van der Waals surface area contributed by atoms with Crippen molar-refractivity contribution in [1.29, 1.82) is 0 Å². The van der Waals surface area contributed by atoms with Crippen LogP contribution in [0.2, 0.25) is 0 Å². The van der Waals surface area contributed by atoms with E-state index in [-0.39, 0.29) is 32.7 Å². The molecule has 1 aromatic carbocycles. The summed E-state index contributed by atoms with van der Waals surface area (Å²) >= 11 is 0. The van der Waals surface area contributed by atoms with Crippen molar-refractivity contribution in [3.05, 3.63) is 17.7 Å². The molecule has 1 fully saturated rings. The maximum Gasteiger partial charge on any atom is 0.306 e. The monoisotopic (exact) mass is 482 g/mol. The predicted molar refractivity (Wildman–Crippen MR) is 124 cm³/mol. The van der Waals surface area contributed by atoms with Gasteiger partial charge in [-0.3, -0.25) is 9.59 Å². The molecule has 1 aliphatic rings. The van der Waals surface area contributed by atoms with E-state index in [2.05, 4.69) is 0 Å².